The van der Waals surface area contributed by atoms with Crippen LogP contribution in [0.15, 0.2) is 17.5 Å². The molecular formula is C9H7ClO2S. The average molecular weight is 215 g/mol. The van der Waals surface area contributed by atoms with Gasteiger partial charge in [-0.15, -0.1) is 11.3 Å². The second kappa shape index (κ2) is 3.09. The molecule has 0 saturated heterocycles. The summed E-state index contributed by atoms with van der Waals surface area (Å²) in [5.41, 5.74) is 0. The standard InChI is InChI=1S/C9H7ClO2S/c1-12-8-7(10)6(11)4-5-2-3-13-9(5)8/h2-4,11H,1H3. The first-order chi connectivity index (χ1) is 6.24. The Kier molecular flexibility index (Phi) is 2.06. The van der Waals surface area contributed by atoms with Crippen molar-refractivity contribution in [3.8, 4) is 11.5 Å². The fraction of sp³-hybridized carbons (Fsp3) is 0.111. The maximum atomic E-state index is 9.44. The summed E-state index contributed by atoms with van der Waals surface area (Å²) in [6, 6.07) is 3.55. The van der Waals surface area contributed by atoms with Gasteiger partial charge in [0.15, 0.2) is 5.75 Å². The van der Waals surface area contributed by atoms with E-state index in [0.29, 0.717) is 5.75 Å². The summed E-state index contributed by atoms with van der Waals surface area (Å²) in [5, 5.41) is 12.6. The van der Waals surface area contributed by atoms with Crippen molar-refractivity contribution in [1.82, 2.24) is 0 Å². The Morgan fingerprint density at radius 2 is 2.31 bits per heavy atom. The van der Waals surface area contributed by atoms with Crippen molar-refractivity contribution >= 4 is 33.0 Å². The normalized spacial score (nSPS) is 10.6. The van der Waals surface area contributed by atoms with Gasteiger partial charge in [0.25, 0.3) is 0 Å². The van der Waals surface area contributed by atoms with Gasteiger partial charge >= 0.3 is 0 Å². The van der Waals surface area contributed by atoms with Crippen LogP contribution in [-0.2, 0) is 0 Å². The molecular weight excluding hydrogens is 208 g/mol. The molecule has 0 atom stereocenters. The number of aromatic hydroxyl groups is 1. The molecule has 68 valence electrons. The Bertz CT molecular complexity index is 450. The van der Waals surface area contributed by atoms with Crippen molar-refractivity contribution in [3.63, 3.8) is 0 Å². The van der Waals surface area contributed by atoms with Crippen LogP contribution in [-0.4, -0.2) is 12.2 Å². The molecule has 1 aromatic carbocycles. The Morgan fingerprint density at radius 3 is 3.00 bits per heavy atom. The van der Waals surface area contributed by atoms with Crippen LogP contribution < -0.4 is 4.74 Å². The van der Waals surface area contributed by atoms with Gasteiger partial charge in [0.2, 0.25) is 0 Å². The minimum absolute atomic E-state index is 0.0596. The molecule has 2 aromatic rings. The first kappa shape index (κ1) is 8.66. The van der Waals surface area contributed by atoms with Crippen LogP contribution in [0.25, 0.3) is 10.1 Å². The molecule has 1 aromatic heterocycles. The van der Waals surface area contributed by atoms with Crippen molar-refractivity contribution in [2.24, 2.45) is 0 Å². The molecule has 0 aliphatic carbocycles. The zero-order chi connectivity index (χ0) is 9.42. The molecule has 0 bridgehead atoms. The maximum absolute atomic E-state index is 9.44. The predicted molar refractivity (Wildman–Crippen MR) is 55.1 cm³/mol. The van der Waals surface area contributed by atoms with E-state index in [1.54, 1.807) is 24.5 Å². The van der Waals surface area contributed by atoms with Gasteiger partial charge in [0.1, 0.15) is 10.8 Å². The third-order valence-corrected chi connectivity index (χ3v) is 3.12. The molecule has 2 nitrogen and oxygen atoms in total. The first-order valence-corrected chi connectivity index (χ1v) is 4.92. The molecule has 0 fully saturated rings. The van der Waals surface area contributed by atoms with Gasteiger partial charge in [-0.25, -0.2) is 0 Å². The Morgan fingerprint density at radius 1 is 1.54 bits per heavy atom. The Hall–Kier alpha value is -0.930. The quantitative estimate of drug-likeness (QED) is 0.790. The molecule has 13 heavy (non-hydrogen) atoms. The molecule has 2 rings (SSSR count). The average Bonchev–Trinajstić information content (AvgIpc) is 2.54. The van der Waals surface area contributed by atoms with E-state index in [4.69, 9.17) is 16.3 Å². The fourth-order valence-electron chi connectivity index (χ4n) is 1.23. The van der Waals surface area contributed by atoms with Crippen molar-refractivity contribution < 1.29 is 9.84 Å². The number of phenolic OH excluding ortho intramolecular Hbond substituents is 1. The van der Waals surface area contributed by atoms with Gasteiger partial charge in [0.05, 0.1) is 11.8 Å². The van der Waals surface area contributed by atoms with Gasteiger partial charge in [-0.05, 0) is 22.9 Å². The largest absolute Gasteiger partial charge is 0.506 e. The first-order valence-electron chi connectivity index (χ1n) is 3.66. The van der Waals surface area contributed by atoms with E-state index in [2.05, 4.69) is 0 Å². The molecule has 0 saturated carbocycles. The molecule has 0 spiro atoms. The number of thiophene rings is 1. The summed E-state index contributed by atoms with van der Waals surface area (Å²) in [6.45, 7) is 0. The molecule has 0 unspecified atom stereocenters. The van der Waals surface area contributed by atoms with Crippen molar-refractivity contribution in [1.29, 1.82) is 0 Å². The summed E-state index contributed by atoms with van der Waals surface area (Å²) in [5.74, 6) is 0.607. The number of fused-ring (bicyclic) bond motifs is 1. The van der Waals surface area contributed by atoms with Crippen LogP contribution in [0.2, 0.25) is 5.02 Å². The highest BCUT2D eigenvalue weighted by Crippen LogP contribution is 2.42. The molecule has 0 aliphatic heterocycles. The van der Waals surface area contributed by atoms with E-state index in [1.807, 2.05) is 11.4 Å². The molecule has 0 radical (unpaired) electrons. The zero-order valence-corrected chi connectivity index (χ0v) is 8.45. The van der Waals surface area contributed by atoms with Crippen LogP contribution >= 0.6 is 22.9 Å². The van der Waals surface area contributed by atoms with E-state index in [1.165, 1.54) is 0 Å². The van der Waals surface area contributed by atoms with Gasteiger partial charge in [-0.1, -0.05) is 11.6 Å². The number of ether oxygens (including phenoxy) is 1. The summed E-state index contributed by atoms with van der Waals surface area (Å²) >= 11 is 7.40. The van der Waals surface area contributed by atoms with Crippen LogP contribution in [0.5, 0.6) is 11.5 Å². The second-order valence-electron chi connectivity index (χ2n) is 2.58. The van der Waals surface area contributed by atoms with Crippen LogP contribution in [0.3, 0.4) is 0 Å². The monoisotopic (exact) mass is 214 g/mol. The summed E-state index contributed by atoms with van der Waals surface area (Å²) in [6.07, 6.45) is 0. The van der Waals surface area contributed by atoms with Gasteiger partial charge in [-0.3, -0.25) is 0 Å². The smallest absolute Gasteiger partial charge is 0.159 e. The van der Waals surface area contributed by atoms with Gasteiger partial charge in [0, 0.05) is 0 Å². The van der Waals surface area contributed by atoms with Gasteiger partial charge < -0.3 is 9.84 Å². The van der Waals surface area contributed by atoms with Crippen LogP contribution in [0.1, 0.15) is 0 Å². The van der Waals surface area contributed by atoms with Crippen molar-refractivity contribution in [2.45, 2.75) is 0 Å². The highest BCUT2D eigenvalue weighted by molar-refractivity contribution is 7.17. The Labute approximate surface area is 84.3 Å². The van der Waals surface area contributed by atoms with E-state index >= 15 is 0 Å². The molecule has 0 aliphatic rings. The van der Waals surface area contributed by atoms with E-state index < -0.39 is 0 Å². The number of benzene rings is 1. The molecule has 0 amide bonds. The summed E-state index contributed by atoms with van der Waals surface area (Å²) in [4.78, 5) is 0. The van der Waals surface area contributed by atoms with E-state index in [0.717, 1.165) is 10.1 Å². The lowest BCUT2D eigenvalue weighted by Gasteiger charge is -2.05. The van der Waals surface area contributed by atoms with E-state index in [9.17, 15) is 5.11 Å². The van der Waals surface area contributed by atoms with E-state index in [-0.39, 0.29) is 10.8 Å². The lowest BCUT2D eigenvalue weighted by atomic mass is 10.2. The molecule has 1 heterocycles. The summed E-state index contributed by atoms with van der Waals surface area (Å²) in [7, 11) is 1.54. The van der Waals surface area contributed by atoms with Crippen molar-refractivity contribution in [2.75, 3.05) is 7.11 Å². The number of halogens is 1. The van der Waals surface area contributed by atoms with Gasteiger partial charge in [-0.2, -0.15) is 0 Å². The molecule has 4 heteroatoms. The lowest BCUT2D eigenvalue weighted by molar-refractivity contribution is 0.414. The number of methoxy groups -OCH3 is 1. The third kappa shape index (κ3) is 1.24. The second-order valence-corrected chi connectivity index (χ2v) is 3.88. The number of hydrogen-bond acceptors (Lipinski definition) is 3. The maximum Gasteiger partial charge on any atom is 0.159 e. The number of rotatable bonds is 1. The fourth-order valence-corrected chi connectivity index (χ4v) is 2.41. The lowest BCUT2D eigenvalue weighted by Crippen LogP contribution is -1.84. The van der Waals surface area contributed by atoms with Crippen molar-refractivity contribution in [3.05, 3.63) is 22.5 Å². The zero-order valence-electron chi connectivity index (χ0n) is 6.87. The Balaban J connectivity index is 2.87. The SMILES string of the molecule is COc1c(Cl)c(O)cc2ccsc12. The van der Waals surface area contributed by atoms with Crippen LogP contribution in [0, 0.1) is 0 Å². The van der Waals surface area contributed by atoms with Crippen LogP contribution in [0.4, 0.5) is 0 Å². The minimum atomic E-state index is 0.0596. The highest BCUT2D eigenvalue weighted by atomic mass is 35.5. The molecule has 1 N–H and O–H groups in total. The topological polar surface area (TPSA) is 29.5 Å². The third-order valence-electron chi connectivity index (χ3n) is 1.82. The highest BCUT2D eigenvalue weighted by Gasteiger charge is 2.12. The number of phenols is 1. The predicted octanol–water partition coefficient (Wildman–Crippen LogP) is 3.27. The minimum Gasteiger partial charge on any atom is -0.506 e. The number of hydrogen-bond donors (Lipinski definition) is 1. The summed E-state index contributed by atoms with van der Waals surface area (Å²) < 4.78 is 6.08.